The number of hydrogen-bond acceptors (Lipinski definition) is 4. The van der Waals surface area contributed by atoms with Gasteiger partial charge >= 0.3 is 6.18 Å². The summed E-state index contributed by atoms with van der Waals surface area (Å²) in [6.45, 7) is 0.104. The highest BCUT2D eigenvalue weighted by atomic mass is 35.5. The number of amides is 2. The Morgan fingerprint density at radius 1 is 1.00 bits per heavy atom. The van der Waals surface area contributed by atoms with E-state index < -0.39 is 34.4 Å². The van der Waals surface area contributed by atoms with Crippen LogP contribution in [0.4, 0.5) is 13.2 Å². The van der Waals surface area contributed by atoms with Gasteiger partial charge in [-0.3, -0.25) is 9.59 Å². The lowest BCUT2D eigenvalue weighted by Crippen LogP contribution is -2.58. The number of aliphatic hydroxyl groups is 1. The number of benzene rings is 2. The Bertz CT molecular complexity index is 1290. The predicted molar refractivity (Wildman–Crippen MR) is 153 cm³/mol. The molecule has 2 aromatic carbocycles. The molecular weight excluding hydrogens is 624 g/mol. The van der Waals surface area contributed by atoms with Crippen LogP contribution in [0.5, 0.6) is 0 Å². The van der Waals surface area contributed by atoms with Crippen LogP contribution in [0.15, 0.2) is 41.3 Å². The van der Waals surface area contributed by atoms with Gasteiger partial charge in [0.05, 0.1) is 10.6 Å². The molecule has 1 N–H and O–H groups in total. The van der Waals surface area contributed by atoms with E-state index >= 15 is 0 Å². The van der Waals surface area contributed by atoms with Crippen LogP contribution < -0.4 is 0 Å². The molecule has 1 unspecified atom stereocenters. The van der Waals surface area contributed by atoms with E-state index in [1.165, 1.54) is 11.0 Å². The number of carbonyl (C=O) groups excluding carboxylic acids is 2. The van der Waals surface area contributed by atoms with Gasteiger partial charge in [0.15, 0.2) is 4.90 Å². The summed E-state index contributed by atoms with van der Waals surface area (Å²) in [4.78, 5) is 28.4. The van der Waals surface area contributed by atoms with Crippen molar-refractivity contribution in [2.45, 2.75) is 60.4 Å². The van der Waals surface area contributed by atoms with Crippen LogP contribution in [0.25, 0.3) is 0 Å². The summed E-state index contributed by atoms with van der Waals surface area (Å²) in [6, 6.07) is 7.81. The zero-order valence-electron chi connectivity index (χ0n) is 22.4. The highest BCUT2D eigenvalue weighted by Crippen LogP contribution is 2.48. The van der Waals surface area contributed by atoms with Crippen molar-refractivity contribution in [3.63, 3.8) is 0 Å². The lowest BCUT2D eigenvalue weighted by Gasteiger charge is -2.47. The maximum atomic E-state index is 14.1. The van der Waals surface area contributed by atoms with Gasteiger partial charge in [-0.2, -0.15) is 13.2 Å². The average molecular weight is 654 g/mol. The molecule has 1 saturated carbocycles. The number of alkyl halides is 3. The predicted octanol–water partition coefficient (Wildman–Crippen LogP) is 6.46. The van der Waals surface area contributed by atoms with Crippen molar-refractivity contribution in [1.29, 1.82) is 0 Å². The molecule has 0 bridgehead atoms. The van der Waals surface area contributed by atoms with Crippen molar-refractivity contribution in [1.82, 2.24) is 9.80 Å². The molecule has 1 aliphatic heterocycles. The Kier molecular flexibility index (Phi) is 9.53. The number of nitrogens with zero attached hydrogens (tertiary/aromatic N) is 2. The third-order valence-electron chi connectivity index (χ3n) is 8.22. The molecule has 13 heteroatoms. The smallest absolute Gasteiger partial charge is 0.430 e. The fourth-order valence-electron chi connectivity index (χ4n) is 5.73. The summed E-state index contributed by atoms with van der Waals surface area (Å²) in [5.41, 5.74) is -4.37. The molecule has 1 heterocycles. The topological polar surface area (TPSA) is 83.9 Å². The maximum absolute atomic E-state index is 14.1. The molecule has 1 saturated heterocycles. The zero-order valence-corrected chi connectivity index (χ0v) is 25.5. The molecular formula is C28H30Cl3F3N2O4S. The lowest BCUT2D eigenvalue weighted by atomic mass is 9.68. The van der Waals surface area contributed by atoms with Crippen LogP contribution in [-0.4, -0.2) is 69.9 Å². The molecule has 224 valence electrons. The summed E-state index contributed by atoms with van der Waals surface area (Å²) >= 11 is 16.7. The normalized spacial score (nSPS) is 20.0. The second kappa shape index (κ2) is 12.1. The highest BCUT2D eigenvalue weighted by molar-refractivity contribution is 7.92. The quantitative estimate of drug-likeness (QED) is 0.376. The molecule has 2 aromatic rings. The van der Waals surface area contributed by atoms with E-state index in [-0.39, 0.29) is 44.7 Å². The first kappa shape index (κ1) is 32.2. The third kappa shape index (κ3) is 6.48. The summed E-state index contributed by atoms with van der Waals surface area (Å²) in [5.74, 6) is -1.71. The van der Waals surface area contributed by atoms with Crippen LogP contribution in [0.1, 0.15) is 54.4 Å². The molecule has 1 aliphatic carbocycles. The fraction of sp³-hybridized carbons (Fsp3) is 0.500. The van der Waals surface area contributed by atoms with Gasteiger partial charge in [-0.25, -0.2) is 0 Å². The first-order valence-corrected chi connectivity index (χ1v) is 15.4. The van der Waals surface area contributed by atoms with Crippen molar-refractivity contribution in [3.8, 4) is 0 Å². The van der Waals surface area contributed by atoms with Gasteiger partial charge in [0, 0.05) is 48.9 Å². The number of hydrogen-bond donors (Lipinski definition) is 1. The largest absolute Gasteiger partial charge is 0.611 e. The van der Waals surface area contributed by atoms with Crippen LogP contribution >= 0.6 is 34.8 Å². The van der Waals surface area contributed by atoms with E-state index in [4.69, 9.17) is 34.8 Å². The first-order valence-electron chi connectivity index (χ1n) is 13.0. The highest BCUT2D eigenvalue weighted by Gasteiger charge is 2.62. The van der Waals surface area contributed by atoms with Gasteiger partial charge in [-0.05, 0) is 85.4 Å². The number of rotatable bonds is 5. The number of carbonyl (C=O) groups is 2. The second-order valence-electron chi connectivity index (χ2n) is 11.0. The van der Waals surface area contributed by atoms with Crippen molar-refractivity contribution in [2.24, 2.45) is 5.41 Å². The van der Waals surface area contributed by atoms with Gasteiger partial charge in [-0.1, -0.05) is 34.8 Å². The Balaban J connectivity index is 1.41. The lowest BCUT2D eigenvalue weighted by molar-refractivity contribution is -0.262. The SMILES string of the molecule is CN(C)C(=O)c1ccc([S+]([O-])C2CCC3(CC2)CCN(C(=O)[C@](O)(c2cc(Cl)cc(Cl)c2)C(F)(F)F)CC3)cc1Cl. The summed E-state index contributed by atoms with van der Waals surface area (Å²) in [5, 5.41) is 10.6. The van der Waals surface area contributed by atoms with E-state index in [0.717, 1.165) is 17.0 Å². The van der Waals surface area contributed by atoms with Gasteiger partial charge < -0.3 is 19.5 Å². The molecule has 41 heavy (non-hydrogen) atoms. The Morgan fingerprint density at radius 2 is 1.56 bits per heavy atom. The minimum absolute atomic E-state index is 0.0518. The molecule has 2 fully saturated rings. The minimum atomic E-state index is -5.30. The fourth-order valence-corrected chi connectivity index (χ4v) is 8.07. The molecule has 2 amide bonds. The molecule has 4 rings (SSSR count). The number of halogens is 6. The molecule has 0 aromatic heterocycles. The Hall–Kier alpha value is -1.69. The third-order valence-corrected chi connectivity index (χ3v) is 10.8. The van der Waals surface area contributed by atoms with Crippen molar-refractivity contribution in [3.05, 3.63) is 62.6 Å². The van der Waals surface area contributed by atoms with Gasteiger partial charge in [0.1, 0.15) is 5.25 Å². The average Bonchev–Trinajstić information content (AvgIpc) is 2.91. The molecule has 2 aliphatic rings. The molecule has 6 nitrogen and oxygen atoms in total. The Morgan fingerprint density at radius 3 is 2.05 bits per heavy atom. The van der Waals surface area contributed by atoms with Crippen molar-refractivity contribution >= 4 is 57.8 Å². The number of piperidine rings is 1. The second-order valence-corrected chi connectivity index (χ2v) is 14.0. The molecule has 1 spiro atoms. The summed E-state index contributed by atoms with van der Waals surface area (Å²) in [6.07, 6.45) is -1.65. The monoisotopic (exact) mass is 652 g/mol. The van der Waals surface area contributed by atoms with Crippen LogP contribution in [0.3, 0.4) is 0 Å². The number of likely N-dealkylation sites (tertiary alicyclic amines) is 1. The van der Waals surface area contributed by atoms with E-state index in [1.807, 2.05) is 0 Å². The van der Waals surface area contributed by atoms with E-state index in [1.54, 1.807) is 32.3 Å². The van der Waals surface area contributed by atoms with Crippen LogP contribution in [-0.2, 0) is 21.6 Å². The first-order chi connectivity index (χ1) is 19.1. The van der Waals surface area contributed by atoms with E-state index in [9.17, 15) is 32.4 Å². The zero-order chi connectivity index (χ0) is 30.3. The van der Waals surface area contributed by atoms with Crippen LogP contribution in [0, 0.1) is 5.41 Å². The van der Waals surface area contributed by atoms with Crippen LogP contribution in [0.2, 0.25) is 15.1 Å². The minimum Gasteiger partial charge on any atom is -0.611 e. The Labute approximate surface area is 254 Å². The molecule has 2 atom stereocenters. The van der Waals surface area contributed by atoms with Gasteiger partial charge in [0.25, 0.3) is 17.4 Å². The van der Waals surface area contributed by atoms with Crippen molar-refractivity contribution < 1.29 is 32.4 Å². The van der Waals surface area contributed by atoms with E-state index in [0.29, 0.717) is 49.0 Å². The van der Waals surface area contributed by atoms with Gasteiger partial charge in [0.2, 0.25) is 0 Å². The summed E-state index contributed by atoms with van der Waals surface area (Å²) in [7, 11) is 3.24. The standard InChI is InChI=1S/C28H30Cl3F3N2O4S/c1-35(2)24(37)22-4-3-21(16-23(22)31)41(40)20-5-7-26(8-6-20)9-11-36(12-10-26)25(38)27(39,28(32,33)34)17-13-18(29)15-19(30)14-17/h3-4,13-16,20,39H,5-12H2,1-2H3/t27-,41?/m1/s1. The summed E-state index contributed by atoms with van der Waals surface area (Å²) < 4.78 is 55.8. The molecule has 0 radical (unpaired) electrons. The van der Waals surface area contributed by atoms with Crippen molar-refractivity contribution in [2.75, 3.05) is 27.2 Å². The maximum Gasteiger partial charge on any atom is 0.430 e. The van der Waals surface area contributed by atoms with Gasteiger partial charge in [-0.15, -0.1) is 0 Å². The van der Waals surface area contributed by atoms with E-state index in [2.05, 4.69) is 0 Å².